The number of carboxylic acids is 1. The van der Waals surface area contributed by atoms with E-state index in [1.54, 1.807) is 30.3 Å². The highest BCUT2D eigenvalue weighted by molar-refractivity contribution is 7.89. The molecule has 1 aromatic carbocycles. The molecule has 0 spiro atoms. The van der Waals surface area contributed by atoms with E-state index in [0.717, 1.165) is 19.3 Å². The molecule has 1 atom stereocenters. The molecule has 1 rings (SSSR count). The van der Waals surface area contributed by atoms with Crippen LogP contribution in [0.5, 0.6) is 0 Å². The molecule has 0 aliphatic carbocycles. The van der Waals surface area contributed by atoms with Crippen LogP contribution in [0.2, 0.25) is 0 Å². The molecule has 0 aromatic heterocycles. The van der Waals surface area contributed by atoms with E-state index in [1.165, 1.54) is 0 Å². The van der Waals surface area contributed by atoms with Crippen LogP contribution in [0.1, 0.15) is 56.3 Å². The molecule has 0 fully saturated rings. The standard InChI is InChI=1S/C8H19NO2S.C7H6O2/c1-3-5-6-7-8(4-2)12(9,10)11;8-7(9)6-4-2-1-3-5-6/h8H,3-7H2,1-2H3,(H2,9,10,11);1-5H,(H,8,9). The number of benzene rings is 1. The molecule has 0 aliphatic heterocycles. The molecule has 21 heavy (non-hydrogen) atoms. The van der Waals surface area contributed by atoms with Crippen LogP contribution in [-0.4, -0.2) is 24.7 Å². The Morgan fingerprint density at radius 2 is 1.76 bits per heavy atom. The molecule has 0 heterocycles. The van der Waals surface area contributed by atoms with Crippen LogP contribution < -0.4 is 5.14 Å². The average molecular weight is 315 g/mol. The summed E-state index contributed by atoms with van der Waals surface area (Å²) < 4.78 is 21.9. The largest absolute Gasteiger partial charge is 0.478 e. The first kappa shape index (κ1) is 19.6. The Hall–Kier alpha value is -1.40. The number of hydrogen-bond acceptors (Lipinski definition) is 3. The van der Waals surface area contributed by atoms with Crippen LogP contribution >= 0.6 is 0 Å². The lowest BCUT2D eigenvalue weighted by Gasteiger charge is -2.11. The molecule has 0 aliphatic rings. The minimum absolute atomic E-state index is 0.330. The van der Waals surface area contributed by atoms with Gasteiger partial charge in [0.15, 0.2) is 0 Å². The van der Waals surface area contributed by atoms with Gasteiger partial charge in [0, 0.05) is 0 Å². The first-order chi connectivity index (χ1) is 9.82. The fourth-order valence-electron chi connectivity index (χ4n) is 1.80. The number of primary sulfonamides is 1. The molecule has 6 heteroatoms. The Morgan fingerprint density at radius 3 is 2.10 bits per heavy atom. The van der Waals surface area contributed by atoms with Crippen LogP contribution in [0.4, 0.5) is 0 Å². The van der Waals surface area contributed by atoms with Gasteiger partial charge >= 0.3 is 5.97 Å². The topological polar surface area (TPSA) is 97.5 Å². The Kier molecular flexibility index (Phi) is 9.65. The van der Waals surface area contributed by atoms with Gasteiger partial charge in [-0.05, 0) is 25.0 Å². The van der Waals surface area contributed by atoms with Crippen LogP contribution in [0.3, 0.4) is 0 Å². The second-order valence-electron chi connectivity index (χ2n) is 4.79. The molecule has 1 unspecified atom stereocenters. The van der Waals surface area contributed by atoms with Gasteiger partial charge in [0.2, 0.25) is 10.0 Å². The van der Waals surface area contributed by atoms with Crippen LogP contribution in [0, 0.1) is 0 Å². The van der Waals surface area contributed by atoms with Gasteiger partial charge in [0.1, 0.15) is 0 Å². The van der Waals surface area contributed by atoms with Crippen molar-refractivity contribution in [3.8, 4) is 0 Å². The van der Waals surface area contributed by atoms with E-state index in [-0.39, 0.29) is 5.25 Å². The van der Waals surface area contributed by atoms with Crippen LogP contribution in [-0.2, 0) is 10.0 Å². The van der Waals surface area contributed by atoms with E-state index in [0.29, 0.717) is 18.4 Å². The number of unbranched alkanes of at least 4 members (excludes halogenated alkanes) is 2. The third kappa shape index (κ3) is 9.20. The lowest BCUT2D eigenvalue weighted by Crippen LogP contribution is -2.27. The first-order valence-electron chi connectivity index (χ1n) is 7.12. The molecular formula is C15H25NO4S. The maximum atomic E-state index is 10.9. The summed E-state index contributed by atoms with van der Waals surface area (Å²) in [7, 11) is -3.30. The molecule has 3 N–H and O–H groups in total. The van der Waals surface area contributed by atoms with Gasteiger partial charge in [-0.15, -0.1) is 0 Å². The summed E-state index contributed by atoms with van der Waals surface area (Å²) in [6.45, 7) is 3.96. The zero-order valence-corrected chi connectivity index (χ0v) is 13.5. The number of aromatic carboxylic acids is 1. The zero-order chi connectivity index (χ0) is 16.3. The summed E-state index contributed by atoms with van der Waals surface area (Å²) in [6, 6.07) is 8.30. The molecule has 0 bridgehead atoms. The third-order valence-electron chi connectivity index (χ3n) is 3.07. The van der Waals surface area contributed by atoms with Gasteiger partial charge in [-0.25, -0.2) is 18.4 Å². The van der Waals surface area contributed by atoms with E-state index in [1.807, 2.05) is 6.92 Å². The summed E-state index contributed by atoms with van der Waals surface area (Å²) in [4.78, 5) is 10.2. The van der Waals surface area contributed by atoms with Gasteiger partial charge in [-0.1, -0.05) is 51.3 Å². The number of carboxylic acid groups (broad SMARTS) is 1. The second kappa shape index (κ2) is 10.3. The summed E-state index contributed by atoms with van der Waals surface area (Å²) in [5.41, 5.74) is 0.331. The summed E-state index contributed by atoms with van der Waals surface area (Å²) >= 11 is 0. The number of nitrogens with two attached hydrogens (primary N) is 1. The predicted molar refractivity (Wildman–Crippen MR) is 84.7 cm³/mol. The number of carbonyl (C=O) groups is 1. The lowest BCUT2D eigenvalue weighted by molar-refractivity contribution is 0.0697. The van der Waals surface area contributed by atoms with Gasteiger partial charge in [-0.2, -0.15) is 0 Å². The van der Waals surface area contributed by atoms with Crippen molar-refractivity contribution in [3.05, 3.63) is 35.9 Å². The molecule has 1 aromatic rings. The Bertz CT molecular complexity index is 500. The van der Waals surface area contributed by atoms with E-state index in [9.17, 15) is 13.2 Å². The maximum absolute atomic E-state index is 10.9. The number of sulfonamides is 1. The third-order valence-corrected chi connectivity index (χ3v) is 4.57. The van der Waals surface area contributed by atoms with Crippen molar-refractivity contribution in [1.82, 2.24) is 0 Å². The summed E-state index contributed by atoms with van der Waals surface area (Å²) in [5, 5.41) is 13.1. The highest BCUT2D eigenvalue weighted by Gasteiger charge is 2.17. The fraction of sp³-hybridized carbons (Fsp3) is 0.533. The average Bonchev–Trinajstić information content (AvgIpc) is 2.44. The molecule has 5 nitrogen and oxygen atoms in total. The fourth-order valence-corrected chi connectivity index (χ4v) is 2.76. The van der Waals surface area contributed by atoms with Gasteiger partial charge in [0.05, 0.1) is 10.8 Å². The maximum Gasteiger partial charge on any atom is 0.335 e. The van der Waals surface area contributed by atoms with E-state index < -0.39 is 16.0 Å². The Labute approximate surface area is 127 Å². The van der Waals surface area contributed by atoms with Crippen molar-refractivity contribution in [2.75, 3.05) is 0 Å². The quantitative estimate of drug-likeness (QED) is 0.756. The van der Waals surface area contributed by atoms with Gasteiger partial charge in [0.25, 0.3) is 0 Å². The van der Waals surface area contributed by atoms with E-state index >= 15 is 0 Å². The summed E-state index contributed by atoms with van der Waals surface area (Å²) in [6.07, 6.45) is 4.50. The molecule has 120 valence electrons. The SMILES string of the molecule is CCCCCC(CC)S(N)(=O)=O.O=C(O)c1ccccc1. The van der Waals surface area contributed by atoms with Crippen LogP contribution in [0.15, 0.2) is 30.3 Å². The Balaban J connectivity index is 0.000000394. The van der Waals surface area contributed by atoms with Crippen molar-refractivity contribution in [3.63, 3.8) is 0 Å². The van der Waals surface area contributed by atoms with Crippen LogP contribution in [0.25, 0.3) is 0 Å². The van der Waals surface area contributed by atoms with Crippen molar-refractivity contribution >= 4 is 16.0 Å². The zero-order valence-electron chi connectivity index (χ0n) is 12.7. The monoisotopic (exact) mass is 315 g/mol. The highest BCUT2D eigenvalue weighted by Crippen LogP contribution is 2.11. The molecule has 0 radical (unpaired) electrons. The summed E-state index contributed by atoms with van der Waals surface area (Å²) in [5.74, 6) is -0.879. The normalized spacial score (nSPS) is 12.1. The molecule has 0 saturated heterocycles. The minimum Gasteiger partial charge on any atom is -0.478 e. The molecule has 0 amide bonds. The van der Waals surface area contributed by atoms with Crippen molar-refractivity contribution in [2.45, 2.75) is 51.2 Å². The predicted octanol–water partition coefficient (Wildman–Crippen LogP) is 3.02. The van der Waals surface area contributed by atoms with E-state index in [2.05, 4.69) is 6.92 Å². The van der Waals surface area contributed by atoms with Crippen molar-refractivity contribution < 1.29 is 18.3 Å². The van der Waals surface area contributed by atoms with Gasteiger partial charge in [-0.3, -0.25) is 0 Å². The molecule has 0 saturated carbocycles. The van der Waals surface area contributed by atoms with Crippen molar-refractivity contribution in [1.29, 1.82) is 0 Å². The van der Waals surface area contributed by atoms with Gasteiger partial charge < -0.3 is 5.11 Å². The smallest absolute Gasteiger partial charge is 0.335 e. The first-order valence-corrected chi connectivity index (χ1v) is 8.73. The number of rotatable bonds is 7. The number of hydrogen-bond donors (Lipinski definition) is 2. The highest BCUT2D eigenvalue weighted by atomic mass is 32.2. The molecular weight excluding hydrogens is 290 g/mol. The minimum atomic E-state index is -3.30. The second-order valence-corrected chi connectivity index (χ2v) is 6.63. The Morgan fingerprint density at radius 1 is 1.19 bits per heavy atom. The van der Waals surface area contributed by atoms with E-state index in [4.69, 9.17) is 10.2 Å². The van der Waals surface area contributed by atoms with Crippen molar-refractivity contribution in [2.24, 2.45) is 5.14 Å². The lowest BCUT2D eigenvalue weighted by atomic mass is 10.1.